The number of fused-ring (bicyclic) bond motifs is 1. The van der Waals surface area contributed by atoms with E-state index in [1.165, 1.54) is 43.2 Å². The maximum absolute atomic E-state index is 13.2. The lowest BCUT2D eigenvalue weighted by molar-refractivity contribution is 0.0952. The van der Waals surface area contributed by atoms with Gasteiger partial charge in [-0.05, 0) is 76.0 Å². The van der Waals surface area contributed by atoms with Crippen LogP contribution in [0.4, 0.5) is 0 Å². The lowest BCUT2D eigenvalue weighted by Gasteiger charge is -2.31. The van der Waals surface area contributed by atoms with Crippen LogP contribution in [-0.4, -0.2) is 42.0 Å². The topological polar surface area (TPSA) is 45.2 Å². The summed E-state index contributed by atoms with van der Waals surface area (Å²) in [5, 5.41) is 4.06. The Kier molecular flexibility index (Phi) is 7.21. The van der Waals surface area contributed by atoms with E-state index in [1.54, 1.807) is 0 Å². The molecule has 1 amide bonds. The third-order valence-corrected chi connectivity index (χ3v) is 6.93. The minimum absolute atomic E-state index is 0.0194. The molecule has 1 fully saturated rings. The van der Waals surface area contributed by atoms with Gasteiger partial charge >= 0.3 is 0 Å². The van der Waals surface area contributed by atoms with Crippen LogP contribution in [0.25, 0.3) is 22.2 Å². The molecule has 168 valence electrons. The first-order valence-corrected chi connectivity index (χ1v) is 12.0. The second-order valence-electron chi connectivity index (χ2n) is 9.25. The summed E-state index contributed by atoms with van der Waals surface area (Å²) in [6, 6.07) is 16.9. The second-order valence-corrected chi connectivity index (χ2v) is 9.25. The molecular weight excluding hydrogens is 394 g/mol. The minimum atomic E-state index is -0.0194. The summed E-state index contributed by atoms with van der Waals surface area (Å²) in [5.41, 5.74) is 5.92. The smallest absolute Gasteiger partial charge is 0.252 e. The van der Waals surface area contributed by atoms with Crippen molar-refractivity contribution in [1.82, 2.24) is 15.2 Å². The largest absolute Gasteiger partial charge is 0.352 e. The zero-order chi connectivity index (χ0) is 22.5. The van der Waals surface area contributed by atoms with E-state index in [2.05, 4.69) is 49.3 Å². The van der Waals surface area contributed by atoms with Crippen molar-refractivity contribution in [2.24, 2.45) is 0 Å². The van der Waals surface area contributed by atoms with Crippen LogP contribution in [-0.2, 0) is 0 Å². The summed E-state index contributed by atoms with van der Waals surface area (Å²) in [5.74, 6) is -0.0194. The Balaban J connectivity index is 1.47. The molecule has 1 aliphatic rings. The number of benzene rings is 2. The second kappa shape index (κ2) is 10.3. The van der Waals surface area contributed by atoms with Crippen LogP contribution in [0, 0.1) is 13.8 Å². The third kappa shape index (κ3) is 5.18. The number of hydrogen-bond donors (Lipinski definition) is 1. The Morgan fingerprint density at radius 3 is 2.59 bits per heavy atom. The highest BCUT2D eigenvalue weighted by Gasteiger charge is 2.18. The van der Waals surface area contributed by atoms with Crippen molar-refractivity contribution in [3.8, 4) is 11.3 Å². The summed E-state index contributed by atoms with van der Waals surface area (Å²) in [7, 11) is 2.23. The van der Waals surface area contributed by atoms with Crippen LogP contribution in [0.15, 0.2) is 48.5 Å². The molecule has 4 nitrogen and oxygen atoms in total. The number of carbonyl (C=O) groups excluding carboxylic acids is 1. The molecule has 0 bridgehead atoms. The van der Waals surface area contributed by atoms with Gasteiger partial charge in [-0.2, -0.15) is 0 Å². The van der Waals surface area contributed by atoms with E-state index in [0.717, 1.165) is 35.1 Å². The minimum Gasteiger partial charge on any atom is -0.352 e. The number of pyridine rings is 1. The molecule has 0 atom stereocenters. The molecule has 2 aromatic carbocycles. The molecule has 0 spiro atoms. The molecule has 1 heterocycles. The number of nitrogens with one attached hydrogen (secondary N) is 1. The lowest BCUT2D eigenvalue weighted by Crippen LogP contribution is -2.35. The van der Waals surface area contributed by atoms with Crippen molar-refractivity contribution >= 4 is 16.8 Å². The van der Waals surface area contributed by atoms with Crippen LogP contribution >= 0.6 is 0 Å². The number of carbonyl (C=O) groups is 1. The van der Waals surface area contributed by atoms with Crippen molar-refractivity contribution < 1.29 is 4.79 Å². The lowest BCUT2D eigenvalue weighted by atomic mass is 9.94. The average Bonchev–Trinajstić information content (AvgIpc) is 2.83. The van der Waals surface area contributed by atoms with E-state index < -0.39 is 0 Å². The number of aryl methyl sites for hydroxylation is 2. The fraction of sp³-hybridized carbons (Fsp3) is 0.429. The van der Waals surface area contributed by atoms with E-state index in [9.17, 15) is 4.79 Å². The predicted molar refractivity (Wildman–Crippen MR) is 133 cm³/mol. The number of aromatic nitrogens is 1. The Labute approximate surface area is 192 Å². The third-order valence-electron chi connectivity index (χ3n) is 6.93. The molecule has 1 saturated carbocycles. The fourth-order valence-corrected chi connectivity index (χ4v) is 4.74. The molecule has 0 unspecified atom stereocenters. The van der Waals surface area contributed by atoms with Gasteiger partial charge in [0.1, 0.15) is 0 Å². The fourth-order valence-electron chi connectivity index (χ4n) is 4.74. The molecule has 32 heavy (non-hydrogen) atoms. The molecule has 4 heteroatoms. The van der Waals surface area contributed by atoms with Gasteiger partial charge in [-0.1, -0.05) is 49.6 Å². The first-order chi connectivity index (χ1) is 15.5. The monoisotopic (exact) mass is 429 g/mol. The average molecular weight is 430 g/mol. The summed E-state index contributed by atoms with van der Waals surface area (Å²) >= 11 is 0. The van der Waals surface area contributed by atoms with Gasteiger partial charge in [-0.3, -0.25) is 4.79 Å². The SMILES string of the molecule is Cc1ccc(-c2cc(C(=O)NCCCN(C)C3CCCCC3)c3ccccc3n2)cc1C. The van der Waals surface area contributed by atoms with Crippen molar-refractivity contribution in [3.05, 3.63) is 65.2 Å². The van der Waals surface area contributed by atoms with Gasteiger partial charge in [0.15, 0.2) is 0 Å². The standard InChI is InChI=1S/C28H35N3O/c1-20-14-15-22(18-21(20)2)27-19-25(24-12-7-8-13-26(24)30-27)28(32)29-16-9-17-31(3)23-10-5-4-6-11-23/h7-8,12-15,18-19,23H,4-6,9-11,16-17H2,1-3H3,(H,29,32). The molecule has 3 aromatic rings. The van der Waals surface area contributed by atoms with E-state index in [-0.39, 0.29) is 5.91 Å². The van der Waals surface area contributed by atoms with Crippen LogP contribution in [0.2, 0.25) is 0 Å². The zero-order valence-electron chi connectivity index (χ0n) is 19.7. The van der Waals surface area contributed by atoms with Gasteiger partial charge in [0.25, 0.3) is 5.91 Å². The molecule has 0 aliphatic heterocycles. The number of amides is 1. The van der Waals surface area contributed by atoms with E-state index >= 15 is 0 Å². The highest BCUT2D eigenvalue weighted by molar-refractivity contribution is 6.07. The molecular formula is C28H35N3O. The zero-order valence-corrected chi connectivity index (χ0v) is 19.7. The number of hydrogen-bond acceptors (Lipinski definition) is 3. The van der Waals surface area contributed by atoms with Crippen LogP contribution in [0.3, 0.4) is 0 Å². The molecule has 0 saturated heterocycles. The molecule has 1 aliphatic carbocycles. The van der Waals surface area contributed by atoms with Gasteiger partial charge < -0.3 is 10.2 Å². The van der Waals surface area contributed by atoms with E-state index in [1.807, 2.05) is 30.3 Å². The Bertz CT molecular complexity index is 1090. The maximum Gasteiger partial charge on any atom is 0.252 e. The van der Waals surface area contributed by atoms with Gasteiger partial charge in [0.2, 0.25) is 0 Å². The molecule has 1 aromatic heterocycles. The highest BCUT2D eigenvalue weighted by atomic mass is 16.1. The van der Waals surface area contributed by atoms with Crippen LogP contribution in [0.5, 0.6) is 0 Å². The quantitative estimate of drug-likeness (QED) is 0.475. The molecule has 0 radical (unpaired) electrons. The summed E-state index contributed by atoms with van der Waals surface area (Å²) in [6.07, 6.45) is 7.67. The predicted octanol–water partition coefficient (Wildman–Crippen LogP) is 5.90. The van der Waals surface area contributed by atoms with E-state index in [0.29, 0.717) is 18.2 Å². The Morgan fingerprint density at radius 1 is 1.03 bits per heavy atom. The number of nitrogens with zero attached hydrogens (tertiary/aromatic N) is 2. The van der Waals surface area contributed by atoms with Gasteiger partial charge in [0, 0.05) is 23.5 Å². The molecule has 4 rings (SSSR count). The van der Waals surface area contributed by atoms with Crippen LogP contribution in [0.1, 0.15) is 60.0 Å². The van der Waals surface area contributed by atoms with Gasteiger partial charge in [0.05, 0.1) is 16.8 Å². The number of rotatable bonds is 7. The summed E-state index contributed by atoms with van der Waals surface area (Å²) < 4.78 is 0. The number of para-hydroxylation sites is 1. The van der Waals surface area contributed by atoms with Gasteiger partial charge in [-0.25, -0.2) is 4.98 Å². The first kappa shape index (κ1) is 22.5. The highest BCUT2D eigenvalue weighted by Crippen LogP contribution is 2.26. The van der Waals surface area contributed by atoms with Crippen molar-refractivity contribution in [2.45, 2.75) is 58.4 Å². The molecule has 1 N–H and O–H groups in total. The van der Waals surface area contributed by atoms with Gasteiger partial charge in [-0.15, -0.1) is 0 Å². The first-order valence-electron chi connectivity index (χ1n) is 12.0. The maximum atomic E-state index is 13.2. The summed E-state index contributed by atoms with van der Waals surface area (Å²) in [6.45, 7) is 5.93. The van der Waals surface area contributed by atoms with Crippen molar-refractivity contribution in [1.29, 1.82) is 0 Å². The Morgan fingerprint density at radius 2 is 1.81 bits per heavy atom. The van der Waals surface area contributed by atoms with Crippen molar-refractivity contribution in [3.63, 3.8) is 0 Å². The van der Waals surface area contributed by atoms with Crippen molar-refractivity contribution in [2.75, 3.05) is 20.1 Å². The van der Waals surface area contributed by atoms with E-state index in [4.69, 9.17) is 4.98 Å². The van der Waals surface area contributed by atoms with Crippen LogP contribution < -0.4 is 5.32 Å². The Hall–Kier alpha value is -2.72. The summed E-state index contributed by atoms with van der Waals surface area (Å²) in [4.78, 5) is 20.5. The normalized spacial score (nSPS) is 14.8.